The number of carbonyl (C=O) groups excluding carboxylic acids is 1. The predicted octanol–water partition coefficient (Wildman–Crippen LogP) is -1.49. The molecule has 5 atom stereocenters. The average molecular weight is 443 g/mol. The largest absolute Gasteiger partial charge is 0.508 e. The maximum atomic E-state index is 12.6. The van der Waals surface area contributed by atoms with Crippen LogP contribution in [0.3, 0.4) is 0 Å². The third kappa shape index (κ3) is 3.91. The summed E-state index contributed by atoms with van der Waals surface area (Å²) in [6.07, 6.45) is -1.56. The number of nitrogen functional groups attached to an aromatic ring is 1. The zero-order chi connectivity index (χ0) is 23.0. The number of benzene rings is 1. The summed E-state index contributed by atoms with van der Waals surface area (Å²) in [7, 11) is 0. The SMILES string of the molecule is Nc1ncnc2c1ncn2[C@@H]1O[C@H](C(=O)O)[C@@H](NC(=O)[C@@H](N)Cc2ccc(O)cc2)[C@H]1O. The van der Waals surface area contributed by atoms with Crippen LogP contribution < -0.4 is 16.8 Å². The lowest BCUT2D eigenvalue weighted by Gasteiger charge is -2.22. The third-order valence-electron chi connectivity index (χ3n) is 5.21. The number of hydrogen-bond acceptors (Lipinski definition) is 10. The van der Waals surface area contributed by atoms with Crippen molar-refractivity contribution < 1.29 is 29.6 Å². The van der Waals surface area contributed by atoms with E-state index in [1.54, 1.807) is 12.1 Å². The minimum Gasteiger partial charge on any atom is -0.508 e. The van der Waals surface area contributed by atoms with Gasteiger partial charge in [0.05, 0.1) is 18.4 Å². The van der Waals surface area contributed by atoms with Gasteiger partial charge in [-0.05, 0) is 24.1 Å². The van der Waals surface area contributed by atoms with Gasteiger partial charge in [-0.1, -0.05) is 12.1 Å². The summed E-state index contributed by atoms with van der Waals surface area (Å²) in [5.41, 5.74) is 12.9. The molecule has 0 radical (unpaired) electrons. The molecule has 1 aliphatic rings. The molecular weight excluding hydrogens is 422 g/mol. The Morgan fingerprint density at radius 3 is 2.62 bits per heavy atom. The number of ether oxygens (including phenoxy) is 1. The van der Waals surface area contributed by atoms with Gasteiger partial charge >= 0.3 is 5.97 Å². The highest BCUT2D eigenvalue weighted by Gasteiger charge is 2.49. The Morgan fingerprint density at radius 1 is 1.22 bits per heavy atom. The van der Waals surface area contributed by atoms with Crippen LogP contribution in [0.5, 0.6) is 5.75 Å². The number of carboxylic acid groups (broad SMARTS) is 1. The summed E-state index contributed by atoms with van der Waals surface area (Å²) in [5.74, 6) is -1.85. The smallest absolute Gasteiger partial charge is 0.335 e. The molecular formula is C19H21N7O6. The monoisotopic (exact) mass is 443 g/mol. The number of carbonyl (C=O) groups is 2. The van der Waals surface area contributed by atoms with E-state index in [1.165, 1.54) is 29.4 Å². The first kappa shape index (κ1) is 21.4. The number of anilines is 1. The number of amides is 1. The highest BCUT2D eigenvalue weighted by Crippen LogP contribution is 2.32. The number of nitrogens with two attached hydrogens (primary N) is 2. The number of nitrogens with zero attached hydrogens (tertiary/aromatic N) is 4. The maximum Gasteiger partial charge on any atom is 0.335 e. The summed E-state index contributed by atoms with van der Waals surface area (Å²) in [6.45, 7) is 0. The van der Waals surface area contributed by atoms with E-state index in [9.17, 15) is 24.9 Å². The standard InChI is InChI=1S/C19H21N7O6/c20-10(5-8-1-3-9(27)4-2-8)17(29)25-11-13(28)18(32-14(11)19(30)31)26-7-24-12-15(21)22-6-23-16(12)26/h1-4,6-7,10-11,13-14,18,27-28H,5,20H2,(H,25,29)(H,30,31)(H2,21,22,23)/t10-,11-,13+,14-,18+/m0/s1. The molecule has 0 aliphatic carbocycles. The number of imidazole rings is 1. The molecule has 1 fully saturated rings. The number of aliphatic hydroxyl groups excluding tert-OH is 1. The molecule has 1 amide bonds. The molecule has 0 saturated carbocycles. The van der Waals surface area contributed by atoms with Crippen molar-refractivity contribution in [2.45, 2.75) is 36.9 Å². The predicted molar refractivity (Wildman–Crippen MR) is 109 cm³/mol. The molecule has 32 heavy (non-hydrogen) atoms. The maximum absolute atomic E-state index is 12.6. The Balaban J connectivity index is 1.53. The number of aliphatic hydroxyl groups is 1. The lowest BCUT2D eigenvalue weighted by molar-refractivity contribution is -0.152. The fraction of sp³-hybridized carbons (Fsp3) is 0.316. The molecule has 0 bridgehead atoms. The van der Waals surface area contributed by atoms with Gasteiger partial charge in [-0.25, -0.2) is 19.7 Å². The van der Waals surface area contributed by atoms with Crippen LogP contribution in [-0.2, 0) is 20.7 Å². The van der Waals surface area contributed by atoms with E-state index in [2.05, 4.69) is 20.3 Å². The Bertz CT molecular complexity index is 1150. The third-order valence-corrected chi connectivity index (χ3v) is 5.21. The number of hydrogen-bond donors (Lipinski definition) is 6. The van der Waals surface area contributed by atoms with Gasteiger partial charge in [0.2, 0.25) is 5.91 Å². The Labute approximate surface area is 180 Å². The summed E-state index contributed by atoms with van der Waals surface area (Å²) in [5, 5.41) is 32.2. The van der Waals surface area contributed by atoms with Gasteiger partial charge in [-0.2, -0.15) is 0 Å². The van der Waals surface area contributed by atoms with Gasteiger partial charge in [-0.15, -0.1) is 0 Å². The van der Waals surface area contributed by atoms with Gasteiger partial charge in [-0.3, -0.25) is 9.36 Å². The Hall–Kier alpha value is -3.81. The van der Waals surface area contributed by atoms with Gasteiger partial charge in [0.25, 0.3) is 0 Å². The average Bonchev–Trinajstić information content (AvgIpc) is 3.32. The Morgan fingerprint density at radius 2 is 1.94 bits per heavy atom. The van der Waals surface area contributed by atoms with Crippen molar-refractivity contribution in [1.29, 1.82) is 0 Å². The summed E-state index contributed by atoms with van der Waals surface area (Å²) in [4.78, 5) is 36.4. The van der Waals surface area contributed by atoms with Crippen molar-refractivity contribution in [3.8, 4) is 5.75 Å². The molecule has 8 N–H and O–H groups in total. The van der Waals surface area contributed by atoms with Gasteiger partial charge in [0.15, 0.2) is 23.8 Å². The second-order valence-electron chi connectivity index (χ2n) is 7.37. The number of phenols is 1. The molecule has 13 nitrogen and oxygen atoms in total. The fourth-order valence-corrected chi connectivity index (χ4v) is 3.58. The van der Waals surface area contributed by atoms with Crippen LogP contribution in [0.15, 0.2) is 36.9 Å². The van der Waals surface area contributed by atoms with E-state index < -0.39 is 42.4 Å². The van der Waals surface area contributed by atoms with Crippen LogP contribution in [0, 0.1) is 0 Å². The first-order chi connectivity index (χ1) is 15.3. The number of nitrogens with one attached hydrogen (secondary N) is 1. The first-order valence-electron chi connectivity index (χ1n) is 9.59. The zero-order valence-corrected chi connectivity index (χ0v) is 16.6. The number of phenolic OH excluding ortho intramolecular Hbond substituents is 1. The molecule has 4 rings (SSSR count). The number of aliphatic carboxylic acids is 1. The molecule has 3 heterocycles. The summed E-state index contributed by atoms with van der Waals surface area (Å²) in [6, 6.07) is 3.85. The van der Waals surface area contributed by atoms with Crippen molar-refractivity contribution >= 4 is 28.9 Å². The molecule has 3 aromatic rings. The highest BCUT2D eigenvalue weighted by atomic mass is 16.6. The van der Waals surface area contributed by atoms with E-state index in [0.717, 1.165) is 0 Å². The van der Waals surface area contributed by atoms with Gasteiger partial charge in [0.1, 0.15) is 23.7 Å². The summed E-state index contributed by atoms with van der Waals surface area (Å²) < 4.78 is 6.87. The van der Waals surface area contributed by atoms with Crippen molar-refractivity contribution in [2.24, 2.45) is 5.73 Å². The Kier molecular flexibility index (Phi) is 5.61. The highest BCUT2D eigenvalue weighted by molar-refractivity contribution is 5.84. The van der Waals surface area contributed by atoms with Crippen LogP contribution in [0.1, 0.15) is 11.8 Å². The van der Waals surface area contributed by atoms with Gasteiger partial charge < -0.3 is 36.8 Å². The van der Waals surface area contributed by atoms with Crippen LogP contribution in [0.2, 0.25) is 0 Å². The number of fused-ring (bicyclic) bond motifs is 1. The summed E-state index contributed by atoms with van der Waals surface area (Å²) >= 11 is 0. The molecule has 0 spiro atoms. The number of rotatable bonds is 6. The van der Waals surface area contributed by atoms with E-state index in [1.807, 2.05) is 0 Å². The van der Waals surface area contributed by atoms with Crippen LogP contribution in [0.25, 0.3) is 11.2 Å². The molecule has 0 unspecified atom stereocenters. The fourth-order valence-electron chi connectivity index (χ4n) is 3.58. The zero-order valence-electron chi connectivity index (χ0n) is 16.6. The van der Waals surface area contributed by atoms with E-state index >= 15 is 0 Å². The molecule has 2 aromatic heterocycles. The lowest BCUT2D eigenvalue weighted by atomic mass is 10.0. The van der Waals surface area contributed by atoms with Crippen molar-refractivity contribution in [3.63, 3.8) is 0 Å². The van der Waals surface area contributed by atoms with E-state index in [4.69, 9.17) is 16.2 Å². The van der Waals surface area contributed by atoms with Crippen molar-refractivity contribution in [1.82, 2.24) is 24.8 Å². The second kappa shape index (κ2) is 8.37. The van der Waals surface area contributed by atoms with Crippen LogP contribution >= 0.6 is 0 Å². The van der Waals surface area contributed by atoms with Crippen molar-refractivity contribution in [3.05, 3.63) is 42.5 Å². The molecule has 1 aliphatic heterocycles. The minimum absolute atomic E-state index is 0.0763. The molecule has 13 heteroatoms. The first-order valence-corrected chi connectivity index (χ1v) is 9.59. The van der Waals surface area contributed by atoms with Crippen LogP contribution in [-0.4, -0.2) is 71.0 Å². The van der Waals surface area contributed by atoms with Crippen LogP contribution in [0.4, 0.5) is 5.82 Å². The molecule has 168 valence electrons. The van der Waals surface area contributed by atoms with Gasteiger partial charge in [0, 0.05) is 0 Å². The lowest BCUT2D eigenvalue weighted by Crippen LogP contribution is -2.54. The normalized spacial score (nSPS) is 23.8. The minimum atomic E-state index is -1.54. The number of carboxylic acids is 1. The molecule has 1 aromatic carbocycles. The van der Waals surface area contributed by atoms with Crippen molar-refractivity contribution in [2.75, 3.05) is 5.73 Å². The quantitative estimate of drug-likeness (QED) is 0.258. The van der Waals surface area contributed by atoms with E-state index in [0.29, 0.717) is 5.56 Å². The molecule has 1 saturated heterocycles. The number of aromatic nitrogens is 4. The van der Waals surface area contributed by atoms with E-state index in [-0.39, 0.29) is 29.2 Å². The number of aromatic hydroxyl groups is 1. The topological polar surface area (TPSA) is 212 Å². The second-order valence-corrected chi connectivity index (χ2v) is 7.37.